The SMILES string of the molecule is CCc1cc(CN2CCc3c(-c4ccccc4)nn(C)c3CC2)on1. The second-order valence-electron chi connectivity index (χ2n) is 6.68. The van der Waals surface area contributed by atoms with E-state index in [9.17, 15) is 0 Å². The molecule has 0 atom stereocenters. The average molecular weight is 336 g/mol. The van der Waals surface area contributed by atoms with Gasteiger partial charge in [-0.2, -0.15) is 5.10 Å². The second-order valence-corrected chi connectivity index (χ2v) is 6.68. The van der Waals surface area contributed by atoms with E-state index < -0.39 is 0 Å². The predicted octanol–water partition coefficient (Wildman–Crippen LogP) is 3.24. The maximum Gasteiger partial charge on any atom is 0.150 e. The molecule has 4 rings (SSSR count). The summed E-state index contributed by atoms with van der Waals surface area (Å²) in [6, 6.07) is 12.6. The molecular weight excluding hydrogens is 312 g/mol. The number of nitrogens with zero attached hydrogens (tertiary/aromatic N) is 4. The van der Waals surface area contributed by atoms with Gasteiger partial charge in [-0.25, -0.2) is 0 Å². The summed E-state index contributed by atoms with van der Waals surface area (Å²) in [7, 11) is 2.06. The first-order valence-corrected chi connectivity index (χ1v) is 9.01. The molecule has 1 aliphatic rings. The number of benzene rings is 1. The van der Waals surface area contributed by atoms with Gasteiger partial charge in [-0.3, -0.25) is 9.58 Å². The summed E-state index contributed by atoms with van der Waals surface area (Å²) < 4.78 is 7.53. The summed E-state index contributed by atoms with van der Waals surface area (Å²) in [6.45, 7) is 4.96. The van der Waals surface area contributed by atoms with Gasteiger partial charge in [0.25, 0.3) is 0 Å². The standard InChI is InChI=1S/C20H24N4O/c1-3-16-13-17(25-22-16)14-24-11-9-18-19(10-12-24)23(2)21-20(18)15-7-5-4-6-8-15/h4-8,13H,3,9-12,14H2,1-2H3. The van der Waals surface area contributed by atoms with Crippen molar-refractivity contribution in [1.29, 1.82) is 0 Å². The van der Waals surface area contributed by atoms with Crippen LogP contribution in [0.5, 0.6) is 0 Å². The van der Waals surface area contributed by atoms with E-state index in [-0.39, 0.29) is 0 Å². The Morgan fingerprint density at radius 2 is 1.92 bits per heavy atom. The van der Waals surface area contributed by atoms with Gasteiger partial charge in [-0.1, -0.05) is 42.4 Å². The van der Waals surface area contributed by atoms with Crippen LogP contribution in [0.3, 0.4) is 0 Å². The molecule has 0 saturated carbocycles. The van der Waals surface area contributed by atoms with Crippen LogP contribution in [0.4, 0.5) is 0 Å². The Labute approximate surface area is 148 Å². The molecule has 0 saturated heterocycles. The van der Waals surface area contributed by atoms with E-state index in [0.29, 0.717) is 0 Å². The number of hydrogen-bond acceptors (Lipinski definition) is 4. The Morgan fingerprint density at radius 1 is 1.12 bits per heavy atom. The van der Waals surface area contributed by atoms with Crippen LogP contribution in [0.15, 0.2) is 40.9 Å². The van der Waals surface area contributed by atoms with Crippen LogP contribution >= 0.6 is 0 Å². The van der Waals surface area contributed by atoms with Crippen molar-refractivity contribution in [2.24, 2.45) is 7.05 Å². The van der Waals surface area contributed by atoms with E-state index >= 15 is 0 Å². The van der Waals surface area contributed by atoms with Crippen molar-refractivity contribution in [2.45, 2.75) is 32.7 Å². The molecule has 0 N–H and O–H groups in total. The van der Waals surface area contributed by atoms with Gasteiger partial charge in [-0.05, 0) is 12.8 Å². The number of fused-ring (bicyclic) bond motifs is 1. The normalized spacial score (nSPS) is 15.1. The lowest BCUT2D eigenvalue weighted by molar-refractivity contribution is 0.239. The monoisotopic (exact) mass is 336 g/mol. The van der Waals surface area contributed by atoms with Crippen molar-refractivity contribution >= 4 is 0 Å². The molecule has 0 aliphatic carbocycles. The molecule has 3 aromatic rings. The van der Waals surface area contributed by atoms with E-state index in [1.807, 2.05) is 0 Å². The number of rotatable bonds is 4. The highest BCUT2D eigenvalue weighted by molar-refractivity contribution is 5.64. The molecule has 2 aromatic heterocycles. The zero-order chi connectivity index (χ0) is 17.2. The molecular formula is C20H24N4O. The van der Waals surface area contributed by atoms with Crippen molar-refractivity contribution in [3.8, 4) is 11.3 Å². The van der Waals surface area contributed by atoms with E-state index in [1.54, 1.807) is 0 Å². The largest absolute Gasteiger partial charge is 0.360 e. The number of aromatic nitrogens is 3. The molecule has 1 aliphatic heterocycles. The van der Waals surface area contributed by atoms with Crippen LogP contribution < -0.4 is 0 Å². The van der Waals surface area contributed by atoms with Crippen LogP contribution in [-0.4, -0.2) is 32.9 Å². The zero-order valence-electron chi connectivity index (χ0n) is 14.9. The maximum atomic E-state index is 5.47. The molecule has 0 radical (unpaired) electrons. The zero-order valence-corrected chi connectivity index (χ0v) is 14.9. The molecule has 25 heavy (non-hydrogen) atoms. The van der Waals surface area contributed by atoms with Crippen molar-refractivity contribution in [1.82, 2.24) is 19.8 Å². The fraction of sp³-hybridized carbons (Fsp3) is 0.400. The Morgan fingerprint density at radius 3 is 2.68 bits per heavy atom. The quantitative estimate of drug-likeness (QED) is 0.734. The maximum absolute atomic E-state index is 5.47. The second kappa shape index (κ2) is 6.84. The Balaban J connectivity index is 1.54. The highest BCUT2D eigenvalue weighted by Crippen LogP contribution is 2.28. The predicted molar refractivity (Wildman–Crippen MR) is 97.2 cm³/mol. The fourth-order valence-electron chi connectivity index (χ4n) is 3.63. The third-order valence-corrected chi connectivity index (χ3v) is 5.01. The Hall–Kier alpha value is -2.40. The van der Waals surface area contributed by atoms with E-state index in [4.69, 9.17) is 9.62 Å². The average Bonchev–Trinajstić information content (AvgIpc) is 3.15. The molecule has 3 heterocycles. The van der Waals surface area contributed by atoms with Crippen molar-refractivity contribution in [3.63, 3.8) is 0 Å². The highest BCUT2D eigenvalue weighted by Gasteiger charge is 2.22. The van der Waals surface area contributed by atoms with Gasteiger partial charge in [0.05, 0.1) is 17.9 Å². The topological polar surface area (TPSA) is 47.1 Å². The first-order valence-electron chi connectivity index (χ1n) is 9.01. The third-order valence-electron chi connectivity index (χ3n) is 5.01. The van der Waals surface area contributed by atoms with Gasteiger partial charge in [0.2, 0.25) is 0 Å². The first kappa shape index (κ1) is 16.1. The van der Waals surface area contributed by atoms with Crippen molar-refractivity contribution < 1.29 is 4.52 Å². The molecule has 130 valence electrons. The van der Waals surface area contributed by atoms with Crippen molar-refractivity contribution in [2.75, 3.05) is 13.1 Å². The van der Waals surface area contributed by atoms with Crippen LogP contribution in [0.2, 0.25) is 0 Å². The number of aryl methyl sites for hydroxylation is 2. The first-order chi connectivity index (χ1) is 12.2. The summed E-state index contributed by atoms with van der Waals surface area (Å²) in [6.07, 6.45) is 2.95. The molecule has 0 spiro atoms. The molecule has 0 bridgehead atoms. The van der Waals surface area contributed by atoms with Gasteiger partial charge < -0.3 is 4.52 Å². The molecule has 0 unspecified atom stereocenters. The van der Waals surface area contributed by atoms with Crippen LogP contribution in [0.25, 0.3) is 11.3 Å². The van der Waals surface area contributed by atoms with Gasteiger partial charge >= 0.3 is 0 Å². The fourth-order valence-corrected chi connectivity index (χ4v) is 3.63. The smallest absolute Gasteiger partial charge is 0.150 e. The van der Waals surface area contributed by atoms with Crippen LogP contribution in [-0.2, 0) is 32.9 Å². The van der Waals surface area contributed by atoms with E-state index in [1.165, 1.54) is 16.8 Å². The Bertz CT molecular complexity index is 850. The van der Waals surface area contributed by atoms with Gasteiger partial charge in [-0.15, -0.1) is 0 Å². The summed E-state index contributed by atoms with van der Waals surface area (Å²) in [5.41, 5.74) is 6.11. The lowest BCUT2D eigenvalue weighted by atomic mass is 10.0. The molecule has 0 amide bonds. The van der Waals surface area contributed by atoms with Crippen LogP contribution in [0.1, 0.15) is 29.6 Å². The highest BCUT2D eigenvalue weighted by atomic mass is 16.5. The minimum absolute atomic E-state index is 0.828. The van der Waals surface area contributed by atoms with Crippen LogP contribution in [0, 0.1) is 0 Å². The summed E-state index contributed by atoms with van der Waals surface area (Å²) in [5, 5.41) is 8.90. The molecule has 1 aromatic carbocycles. The van der Waals surface area contributed by atoms with Gasteiger partial charge in [0.15, 0.2) is 5.76 Å². The summed E-state index contributed by atoms with van der Waals surface area (Å²) in [4.78, 5) is 2.45. The van der Waals surface area contributed by atoms with E-state index in [0.717, 1.165) is 56.0 Å². The molecule has 0 fully saturated rings. The van der Waals surface area contributed by atoms with E-state index in [2.05, 4.69) is 65.1 Å². The summed E-state index contributed by atoms with van der Waals surface area (Å²) >= 11 is 0. The Kier molecular flexibility index (Phi) is 4.40. The van der Waals surface area contributed by atoms with Gasteiger partial charge in [0, 0.05) is 49.4 Å². The molecule has 5 heteroatoms. The van der Waals surface area contributed by atoms with Gasteiger partial charge in [0.1, 0.15) is 0 Å². The van der Waals surface area contributed by atoms with Crippen molar-refractivity contribution in [3.05, 3.63) is 59.1 Å². The number of hydrogen-bond donors (Lipinski definition) is 0. The minimum atomic E-state index is 0.828. The summed E-state index contributed by atoms with van der Waals surface area (Å²) in [5.74, 6) is 0.962. The lowest BCUT2D eigenvalue weighted by Gasteiger charge is -2.17. The third kappa shape index (κ3) is 3.24. The lowest BCUT2D eigenvalue weighted by Crippen LogP contribution is -2.26. The molecule has 5 nitrogen and oxygen atoms in total. The minimum Gasteiger partial charge on any atom is -0.360 e.